The summed E-state index contributed by atoms with van der Waals surface area (Å²) in [7, 11) is 1.32. The average molecular weight is 288 g/mol. The van der Waals surface area contributed by atoms with Crippen LogP contribution in [-0.4, -0.2) is 44.4 Å². The minimum Gasteiger partial charge on any atom is -0.467 e. The van der Waals surface area contributed by atoms with E-state index in [0.717, 1.165) is 12.8 Å². The van der Waals surface area contributed by atoms with Crippen LogP contribution >= 0.6 is 0 Å². The highest BCUT2D eigenvalue weighted by Crippen LogP contribution is 2.08. The number of hydrogen-bond donors (Lipinski definition) is 2. The van der Waals surface area contributed by atoms with Gasteiger partial charge < -0.3 is 20.1 Å². The SMILES string of the molecule is CC[C@H](C)[C@H](NC(=O)NCCCOC(C)C)C(=O)OC. The van der Waals surface area contributed by atoms with Crippen LogP contribution < -0.4 is 10.6 Å². The molecule has 0 aromatic heterocycles. The molecule has 0 aliphatic carbocycles. The molecule has 0 aromatic rings. The molecule has 0 bridgehead atoms. The van der Waals surface area contributed by atoms with Crippen molar-refractivity contribution in [2.45, 2.75) is 52.7 Å². The molecule has 6 nitrogen and oxygen atoms in total. The normalized spacial score (nSPS) is 13.7. The number of ether oxygens (including phenoxy) is 2. The summed E-state index contributed by atoms with van der Waals surface area (Å²) in [5.41, 5.74) is 0. The summed E-state index contributed by atoms with van der Waals surface area (Å²) < 4.78 is 10.1. The molecule has 0 rings (SSSR count). The van der Waals surface area contributed by atoms with Crippen LogP contribution in [0.3, 0.4) is 0 Å². The zero-order valence-electron chi connectivity index (χ0n) is 13.2. The molecule has 0 saturated heterocycles. The van der Waals surface area contributed by atoms with Crippen molar-refractivity contribution >= 4 is 12.0 Å². The van der Waals surface area contributed by atoms with Crippen LogP contribution in [0.15, 0.2) is 0 Å². The third kappa shape index (κ3) is 7.99. The van der Waals surface area contributed by atoms with Gasteiger partial charge in [0, 0.05) is 13.2 Å². The summed E-state index contributed by atoms with van der Waals surface area (Å²) in [4.78, 5) is 23.3. The highest BCUT2D eigenvalue weighted by atomic mass is 16.5. The average Bonchev–Trinajstić information content (AvgIpc) is 2.42. The zero-order chi connectivity index (χ0) is 15.5. The lowest BCUT2D eigenvalue weighted by Crippen LogP contribution is -2.49. The largest absolute Gasteiger partial charge is 0.467 e. The number of methoxy groups -OCH3 is 1. The van der Waals surface area contributed by atoms with Crippen LogP contribution in [0.2, 0.25) is 0 Å². The Kier molecular flexibility index (Phi) is 9.80. The standard InChI is InChI=1S/C14H28N2O4/c1-6-11(4)12(13(17)19-5)16-14(18)15-8-7-9-20-10(2)3/h10-12H,6-9H2,1-5H3,(H2,15,16,18)/t11-,12-/m0/s1. The molecule has 0 aromatic carbocycles. The number of esters is 1. The lowest BCUT2D eigenvalue weighted by atomic mass is 9.99. The Morgan fingerprint density at radius 2 is 1.85 bits per heavy atom. The second-order valence-corrected chi connectivity index (χ2v) is 5.06. The van der Waals surface area contributed by atoms with Crippen LogP contribution in [0.25, 0.3) is 0 Å². The van der Waals surface area contributed by atoms with Gasteiger partial charge in [-0.15, -0.1) is 0 Å². The number of rotatable bonds is 9. The van der Waals surface area contributed by atoms with Crippen molar-refractivity contribution < 1.29 is 19.1 Å². The third-order valence-corrected chi connectivity index (χ3v) is 3.01. The fourth-order valence-electron chi connectivity index (χ4n) is 1.58. The van der Waals surface area contributed by atoms with Gasteiger partial charge in [-0.2, -0.15) is 0 Å². The van der Waals surface area contributed by atoms with Gasteiger partial charge in [-0.3, -0.25) is 0 Å². The molecule has 6 heteroatoms. The van der Waals surface area contributed by atoms with Gasteiger partial charge in [0.25, 0.3) is 0 Å². The van der Waals surface area contributed by atoms with Crippen LogP contribution in [0, 0.1) is 5.92 Å². The molecule has 2 N–H and O–H groups in total. The molecule has 0 radical (unpaired) electrons. The second-order valence-electron chi connectivity index (χ2n) is 5.06. The number of carbonyl (C=O) groups excluding carboxylic acids is 2. The van der Waals surface area contributed by atoms with Crippen molar-refractivity contribution in [2.24, 2.45) is 5.92 Å². The zero-order valence-corrected chi connectivity index (χ0v) is 13.2. The maximum absolute atomic E-state index is 11.7. The minimum atomic E-state index is -0.614. The third-order valence-electron chi connectivity index (χ3n) is 3.01. The summed E-state index contributed by atoms with van der Waals surface area (Å²) in [6.07, 6.45) is 1.71. The van der Waals surface area contributed by atoms with Crippen LogP contribution in [0.4, 0.5) is 4.79 Å². The molecule has 0 heterocycles. The van der Waals surface area contributed by atoms with Crippen molar-refractivity contribution in [3.8, 4) is 0 Å². The highest BCUT2D eigenvalue weighted by Gasteiger charge is 2.26. The number of nitrogens with one attached hydrogen (secondary N) is 2. The first-order chi connectivity index (χ1) is 9.42. The molecule has 0 aliphatic heterocycles. The molecule has 20 heavy (non-hydrogen) atoms. The van der Waals surface area contributed by atoms with Gasteiger partial charge in [0.1, 0.15) is 6.04 Å². The highest BCUT2D eigenvalue weighted by molar-refractivity contribution is 5.83. The van der Waals surface area contributed by atoms with Crippen molar-refractivity contribution in [2.75, 3.05) is 20.3 Å². The topological polar surface area (TPSA) is 76.7 Å². The van der Waals surface area contributed by atoms with Gasteiger partial charge >= 0.3 is 12.0 Å². The number of urea groups is 1. The first-order valence-corrected chi connectivity index (χ1v) is 7.16. The second kappa shape index (κ2) is 10.5. The van der Waals surface area contributed by atoms with Crippen LogP contribution in [0.1, 0.15) is 40.5 Å². The van der Waals surface area contributed by atoms with E-state index in [4.69, 9.17) is 9.47 Å². The van der Waals surface area contributed by atoms with Crippen LogP contribution in [0.5, 0.6) is 0 Å². The Morgan fingerprint density at radius 1 is 1.20 bits per heavy atom. The number of amides is 2. The molecule has 0 unspecified atom stereocenters. The number of carbonyl (C=O) groups is 2. The fraction of sp³-hybridized carbons (Fsp3) is 0.857. The quantitative estimate of drug-likeness (QED) is 0.500. The summed E-state index contributed by atoms with van der Waals surface area (Å²) >= 11 is 0. The summed E-state index contributed by atoms with van der Waals surface area (Å²) in [5, 5.41) is 5.36. The van der Waals surface area contributed by atoms with E-state index in [1.54, 1.807) is 0 Å². The molecule has 0 aliphatic rings. The minimum absolute atomic E-state index is 0.0254. The Hall–Kier alpha value is -1.30. The maximum atomic E-state index is 11.7. The van der Waals surface area contributed by atoms with Gasteiger partial charge in [-0.1, -0.05) is 20.3 Å². The molecule has 2 atom stereocenters. The Bertz CT molecular complexity index is 295. The molecular formula is C14H28N2O4. The Balaban J connectivity index is 4.04. The van der Waals surface area contributed by atoms with E-state index in [9.17, 15) is 9.59 Å². The van der Waals surface area contributed by atoms with E-state index in [2.05, 4.69) is 10.6 Å². The Morgan fingerprint density at radius 3 is 2.35 bits per heavy atom. The molecule has 2 amide bonds. The van der Waals surface area contributed by atoms with Crippen molar-refractivity contribution in [3.05, 3.63) is 0 Å². The molecule has 0 saturated carbocycles. The van der Waals surface area contributed by atoms with E-state index in [-0.39, 0.29) is 18.1 Å². The molecule has 118 valence electrons. The molecular weight excluding hydrogens is 260 g/mol. The fourth-order valence-corrected chi connectivity index (χ4v) is 1.58. The lowest BCUT2D eigenvalue weighted by Gasteiger charge is -2.22. The van der Waals surface area contributed by atoms with Gasteiger partial charge in [0.2, 0.25) is 0 Å². The smallest absolute Gasteiger partial charge is 0.328 e. The monoisotopic (exact) mass is 288 g/mol. The number of hydrogen-bond acceptors (Lipinski definition) is 4. The first-order valence-electron chi connectivity index (χ1n) is 7.16. The van der Waals surface area contributed by atoms with Crippen molar-refractivity contribution in [1.29, 1.82) is 0 Å². The summed E-state index contributed by atoms with van der Waals surface area (Å²) in [5.74, 6) is -0.393. The van der Waals surface area contributed by atoms with Crippen molar-refractivity contribution in [3.63, 3.8) is 0 Å². The van der Waals surface area contributed by atoms with Gasteiger partial charge in [0.05, 0.1) is 13.2 Å². The first kappa shape index (κ1) is 18.7. The van der Waals surface area contributed by atoms with E-state index in [0.29, 0.717) is 13.2 Å². The van der Waals surface area contributed by atoms with E-state index in [1.165, 1.54) is 7.11 Å². The lowest BCUT2D eigenvalue weighted by molar-refractivity contribution is -0.144. The van der Waals surface area contributed by atoms with Gasteiger partial charge in [-0.05, 0) is 26.2 Å². The van der Waals surface area contributed by atoms with Crippen LogP contribution in [-0.2, 0) is 14.3 Å². The maximum Gasteiger partial charge on any atom is 0.328 e. The van der Waals surface area contributed by atoms with Gasteiger partial charge in [0.15, 0.2) is 0 Å². The molecule has 0 spiro atoms. The van der Waals surface area contributed by atoms with Crippen molar-refractivity contribution in [1.82, 2.24) is 10.6 Å². The van der Waals surface area contributed by atoms with E-state index >= 15 is 0 Å². The van der Waals surface area contributed by atoms with E-state index in [1.807, 2.05) is 27.7 Å². The van der Waals surface area contributed by atoms with Gasteiger partial charge in [-0.25, -0.2) is 9.59 Å². The van der Waals surface area contributed by atoms with E-state index < -0.39 is 12.0 Å². The Labute approximate surface area is 121 Å². The predicted octanol–water partition coefficient (Wildman–Crippen LogP) is 1.69. The molecule has 0 fully saturated rings. The predicted molar refractivity (Wildman–Crippen MR) is 77.5 cm³/mol. The summed E-state index contributed by atoms with van der Waals surface area (Å²) in [6, 6.07) is -0.970. The summed E-state index contributed by atoms with van der Waals surface area (Å²) in [6.45, 7) is 8.90.